The molecular formula is C25H26F2N2O2. The molecule has 1 aromatic heterocycles. The molecule has 0 bridgehead atoms. The SMILES string of the molecule is O=C(c1ccco1)N(Cc1ccc(F)cc1F)C1CCN(CCc2ccccc2)CC1. The molecule has 2 aromatic carbocycles. The molecule has 6 heteroatoms. The first-order chi connectivity index (χ1) is 15.1. The maximum Gasteiger partial charge on any atom is 0.290 e. The van der Waals surface area contributed by atoms with E-state index < -0.39 is 11.6 Å². The monoisotopic (exact) mass is 424 g/mol. The molecule has 0 radical (unpaired) electrons. The highest BCUT2D eigenvalue weighted by Gasteiger charge is 2.30. The second-order valence-corrected chi connectivity index (χ2v) is 7.95. The zero-order chi connectivity index (χ0) is 21.6. The fraction of sp³-hybridized carbons (Fsp3) is 0.320. The Morgan fingerprint density at radius 3 is 2.48 bits per heavy atom. The molecule has 31 heavy (non-hydrogen) atoms. The number of carbonyl (C=O) groups is 1. The van der Waals surface area contributed by atoms with Crippen molar-refractivity contribution in [2.24, 2.45) is 0 Å². The van der Waals surface area contributed by atoms with E-state index in [-0.39, 0.29) is 24.3 Å². The lowest BCUT2D eigenvalue weighted by Crippen LogP contribution is -2.47. The predicted molar refractivity (Wildman–Crippen MR) is 115 cm³/mol. The Kier molecular flexibility index (Phi) is 6.77. The molecule has 0 N–H and O–H groups in total. The number of likely N-dealkylation sites (tertiary alicyclic amines) is 1. The predicted octanol–water partition coefficient (Wildman–Crippen LogP) is 4.91. The summed E-state index contributed by atoms with van der Waals surface area (Å²) in [5.41, 5.74) is 1.61. The van der Waals surface area contributed by atoms with E-state index in [9.17, 15) is 13.6 Å². The minimum absolute atomic E-state index is 0.0324. The lowest BCUT2D eigenvalue weighted by atomic mass is 10.0. The van der Waals surface area contributed by atoms with Crippen molar-refractivity contribution < 1.29 is 18.0 Å². The zero-order valence-corrected chi connectivity index (χ0v) is 17.3. The van der Waals surface area contributed by atoms with Crippen LogP contribution in [-0.2, 0) is 13.0 Å². The summed E-state index contributed by atoms with van der Waals surface area (Å²) in [6.45, 7) is 2.78. The fourth-order valence-electron chi connectivity index (χ4n) is 4.13. The largest absolute Gasteiger partial charge is 0.459 e. The molecule has 0 unspecified atom stereocenters. The summed E-state index contributed by atoms with van der Waals surface area (Å²) in [6.07, 6.45) is 4.03. The lowest BCUT2D eigenvalue weighted by Gasteiger charge is -2.38. The van der Waals surface area contributed by atoms with Gasteiger partial charge in [-0.1, -0.05) is 36.4 Å². The highest BCUT2D eigenvalue weighted by atomic mass is 19.1. The molecule has 1 aliphatic rings. The highest BCUT2D eigenvalue weighted by Crippen LogP contribution is 2.23. The molecule has 1 amide bonds. The van der Waals surface area contributed by atoms with Crippen molar-refractivity contribution in [1.82, 2.24) is 9.80 Å². The Balaban J connectivity index is 1.42. The molecule has 1 aliphatic heterocycles. The van der Waals surface area contributed by atoms with Gasteiger partial charge in [-0.3, -0.25) is 4.79 Å². The van der Waals surface area contributed by atoms with Gasteiger partial charge >= 0.3 is 0 Å². The number of hydrogen-bond acceptors (Lipinski definition) is 3. The molecule has 4 rings (SSSR count). The zero-order valence-electron chi connectivity index (χ0n) is 17.3. The Hall–Kier alpha value is -2.99. The second-order valence-electron chi connectivity index (χ2n) is 7.95. The number of halogens is 2. The van der Waals surface area contributed by atoms with Crippen LogP contribution in [0, 0.1) is 11.6 Å². The number of rotatable bonds is 7. The van der Waals surface area contributed by atoms with Crippen molar-refractivity contribution in [3.8, 4) is 0 Å². The Bertz CT molecular complexity index is 984. The molecule has 0 spiro atoms. The minimum atomic E-state index is -0.641. The van der Waals surface area contributed by atoms with E-state index in [1.165, 1.54) is 24.0 Å². The first-order valence-electron chi connectivity index (χ1n) is 10.6. The van der Waals surface area contributed by atoms with Crippen molar-refractivity contribution >= 4 is 5.91 Å². The maximum atomic E-state index is 14.3. The molecular weight excluding hydrogens is 398 g/mol. The van der Waals surface area contributed by atoms with Gasteiger partial charge in [-0.25, -0.2) is 8.78 Å². The van der Waals surface area contributed by atoms with Crippen molar-refractivity contribution in [1.29, 1.82) is 0 Å². The first-order valence-corrected chi connectivity index (χ1v) is 10.6. The third-order valence-corrected chi connectivity index (χ3v) is 5.91. The van der Waals surface area contributed by atoms with Crippen LogP contribution in [0.2, 0.25) is 0 Å². The second kappa shape index (κ2) is 9.88. The Morgan fingerprint density at radius 1 is 1.03 bits per heavy atom. The van der Waals surface area contributed by atoms with Crippen LogP contribution in [0.25, 0.3) is 0 Å². The normalized spacial score (nSPS) is 15.2. The number of furan rings is 1. The number of carbonyl (C=O) groups excluding carboxylic acids is 1. The van der Waals surface area contributed by atoms with Crippen LogP contribution >= 0.6 is 0 Å². The first kappa shape index (κ1) is 21.2. The molecule has 4 nitrogen and oxygen atoms in total. The Morgan fingerprint density at radius 2 is 1.81 bits per heavy atom. The van der Waals surface area contributed by atoms with Crippen LogP contribution in [0.3, 0.4) is 0 Å². The summed E-state index contributed by atoms with van der Waals surface area (Å²) in [7, 11) is 0. The summed E-state index contributed by atoms with van der Waals surface area (Å²) in [6, 6.07) is 17.1. The third-order valence-electron chi connectivity index (χ3n) is 5.91. The van der Waals surface area contributed by atoms with Crippen LogP contribution in [0.15, 0.2) is 71.3 Å². The summed E-state index contributed by atoms with van der Waals surface area (Å²) < 4.78 is 32.9. The van der Waals surface area contributed by atoms with Crippen LogP contribution in [0.4, 0.5) is 8.78 Å². The molecule has 3 aromatic rings. The molecule has 2 heterocycles. The Labute approximate surface area is 181 Å². The molecule has 0 aliphatic carbocycles. The van der Waals surface area contributed by atoms with Crippen LogP contribution in [0.1, 0.15) is 34.5 Å². The standard InChI is InChI=1S/C25H26F2N2O2/c26-21-9-8-20(23(27)17-21)18-29(25(30)24-7-4-16-31-24)22-11-14-28(15-12-22)13-10-19-5-2-1-3-6-19/h1-9,16-17,22H,10-15,18H2. The average molecular weight is 424 g/mol. The molecule has 1 saturated heterocycles. The highest BCUT2D eigenvalue weighted by molar-refractivity contribution is 5.91. The van der Waals surface area contributed by atoms with Gasteiger partial charge in [0.25, 0.3) is 5.91 Å². The minimum Gasteiger partial charge on any atom is -0.459 e. The summed E-state index contributed by atoms with van der Waals surface area (Å²) in [5, 5.41) is 0. The quantitative estimate of drug-likeness (QED) is 0.541. The van der Waals surface area contributed by atoms with Gasteiger partial charge in [0.2, 0.25) is 0 Å². The molecule has 0 atom stereocenters. The van der Waals surface area contributed by atoms with Crippen molar-refractivity contribution in [3.05, 3.63) is 95.4 Å². The smallest absolute Gasteiger partial charge is 0.290 e. The van der Waals surface area contributed by atoms with Crippen LogP contribution in [0.5, 0.6) is 0 Å². The van der Waals surface area contributed by atoms with E-state index in [4.69, 9.17) is 4.42 Å². The molecule has 0 saturated carbocycles. The van der Waals surface area contributed by atoms with E-state index in [1.807, 2.05) is 18.2 Å². The maximum absolute atomic E-state index is 14.3. The fourth-order valence-corrected chi connectivity index (χ4v) is 4.13. The van der Waals surface area contributed by atoms with E-state index in [0.29, 0.717) is 5.56 Å². The summed E-state index contributed by atoms with van der Waals surface area (Å²) in [5.74, 6) is -1.31. The van der Waals surface area contributed by atoms with E-state index in [2.05, 4.69) is 17.0 Å². The van der Waals surface area contributed by atoms with Crippen molar-refractivity contribution in [2.45, 2.75) is 31.8 Å². The van der Waals surface area contributed by atoms with E-state index in [1.54, 1.807) is 17.0 Å². The van der Waals surface area contributed by atoms with Crippen LogP contribution < -0.4 is 0 Å². The van der Waals surface area contributed by atoms with E-state index >= 15 is 0 Å². The molecule has 162 valence electrons. The molecule has 1 fully saturated rings. The van der Waals surface area contributed by atoms with Gasteiger partial charge in [0.15, 0.2) is 5.76 Å². The summed E-state index contributed by atoms with van der Waals surface area (Å²) in [4.78, 5) is 17.2. The van der Waals surface area contributed by atoms with Gasteiger partial charge in [0.1, 0.15) is 11.6 Å². The number of piperidine rings is 1. The summed E-state index contributed by atoms with van der Waals surface area (Å²) >= 11 is 0. The van der Waals surface area contributed by atoms with Gasteiger partial charge in [-0.2, -0.15) is 0 Å². The van der Waals surface area contributed by atoms with Crippen molar-refractivity contribution in [3.63, 3.8) is 0 Å². The topological polar surface area (TPSA) is 36.7 Å². The number of hydrogen-bond donors (Lipinski definition) is 0. The van der Waals surface area contributed by atoms with Crippen molar-refractivity contribution in [2.75, 3.05) is 19.6 Å². The van der Waals surface area contributed by atoms with Gasteiger partial charge in [0, 0.05) is 43.9 Å². The van der Waals surface area contributed by atoms with Gasteiger partial charge in [-0.15, -0.1) is 0 Å². The van der Waals surface area contributed by atoms with Gasteiger partial charge in [-0.05, 0) is 43.0 Å². The van der Waals surface area contributed by atoms with Crippen LogP contribution in [-0.4, -0.2) is 41.4 Å². The number of amides is 1. The third kappa shape index (κ3) is 5.39. The lowest BCUT2D eigenvalue weighted by molar-refractivity contribution is 0.0518. The van der Waals surface area contributed by atoms with Gasteiger partial charge < -0.3 is 14.2 Å². The average Bonchev–Trinajstić information content (AvgIpc) is 3.33. The van der Waals surface area contributed by atoms with Gasteiger partial charge in [0.05, 0.1) is 6.26 Å². The number of nitrogens with zero attached hydrogens (tertiary/aromatic N) is 2. The number of benzene rings is 2. The van der Waals surface area contributed by atoms with E-state index in [0.717, 1.165) is 45.0 Å².